The minimum absolute atomic E-state index is 0.0519. The molecule has 1 aliphatic heterocycles. The fraction of sp³-hybridized carbons (Fsp3) is 0.400. The zero-order chi connectivity index (χ0) is 15.5. The molecule has 0 bridgehead atoms. The van der Waals surface area contributed by atoms with Crippen molar-refractivity contribution in [2.24, 2.45) is 0 Å². The van der Waals surface area contributed by atoms with Crippen LogP contribution in [0.25, 0.3) is 11.5 Å². The van der Waals surface area contributed by atoms with Gasteiger partial charge in [0.05, 0.1) is 11.3 Å². The summed E-state index contributed by atoms with van der Waals surface area (Å²) in [6.45, 7) is 3.37. The first-order chi connectivity index (χ1) is 10.7. The number of para-hydroxylation sites is 1. The summed E-state index contributed by atoms with van der Waals surface area (Å²) in [6, 6.07) is 7.19. The predicted molar refractivity (Wildman–Crippen MR) is 80.9 cm³/mol. The Bertz CT molecular complexity index is 664. The molecular weight excluding hydrogens is 284 g/mol. The number of piperidine rings is 1. The lowest BCUT2D eigenvalue weighted by Gasteiger charge is -2.33. The van der Waals surface area contributed by atoms with Crippen molar-refractivity contribution in [1.29, 1.82) is 0 Å². The van der Waals surface area contributed by atoms with E-state index in [1.807, 2.05) is 12.1 Å². The largest absolute Gasteiger partial charge is 0.465 e. The molecule has 0 atom stereocenters. The Morgan fingerprint density at radius 3 is 2.73 bits per heavy atom. The molecule has 1 amide bonds. The fourth-order valence-corrected chi connectivity index (χ4v) is 2.79. The Morgan fingerprint density at radius 2 is 2.09 bits per heavy atom. The third-order valence-corrected chi connectivity index (χ3v) is 3.80. The maximum Gasteiger partial charge on any atom is 0.412 e. The van der Waals surface area contributed by atoms with Gasteiger partial charge in [-0.15, -0.1) is 0 Å². The molecule has 2 heterocycles. The fourth-order valence-electron chi connectivity index (χ4n) is 2.79. The molecule has 3 rings (SSSR count). The van der Waals surface area contributed by atoms with E-state index in [2.05, 4.69) is 15.5 Å². The summed E-state index contributed by atoms with van der Waals surface area (Å²) in [5, 5.41) is 16.7. The van der Waals surface area contributed by atoms with E-state index in [1.165, 1.54) is 4.90 Å². The molecule has 1 saturated heterocycles. The van der Waals surface area contributed by atoms with Gasteiger partial charge in [-0.1, -0.05) is 17.3 Å². The molecule has 2 N–H and O–H groups in total. The molecule has 0 unspecified atom stereocenters. The molecule has 7 heteroatoms. The highest BCUT2D eigenvalue weighted by molar-refractivity contribution is 5.92. The van der Waals surface area contributed by atoms with Crippen LogP contribution in [0, 0.1) is 6.92 Å². The van der Waals surface area contributed by atoms with E-state index >= 15 is 0 Å². The number of rotatable bonds is 3. The van der Waals surface area contributed by atoms with Crippen LogP contribution in [0.15, 0.2) is 28.8 Å². The summed E-state index contributed by atoms with van der Waals surface area (Å²) in [5.41, 5.74) is 1.23. The Morgan fingerprint density at radius 1 is 1.36 bits per heavy atom. The van der Waals surface area contributed by atoms with Crippen LogP contribution in [0.5, 0.6) is 0 Å². The van der Waals surface area contributed by atoms with Crippen LogP contribution in [0.2, 0.25) is 0 Å². The molecule has 2 aromatic rings. The number of hydrogen-bond acceptors (Lipinski definition) is 5. The molecule has 0 aliphatic carbocycles. The van der Waals surface area contributed by atoms with Gasteiger partial charge in [0.1, 0.15) is 0 Å². The summed E-state index contributed by atoms with van der Waals surface area (Å²) >= 11 is 0. The van der Waals surface area contributed by atoms with Crippen LogP contribution < -0.4 is 10.2 Å². The van der Waals surface area contributed by atoms with E-state index in [9.17, 15) is 9.90 Å². The van der Waals surface area contributed by atoms with Crippen LogP contribution in [0.4, 0.5) is 10.5 Å². The highest BCUT2D eigenvalue weighted by atomic mass is 16.5. The summed E-state index contributed by atoms with van der Waals surface area (Å²) in [4.78, 5) is 17.5. The molecular formula is C15H18N4O3. The zero-order valence-electron chi connectivity index (χ0n) is 12.3. The number of nitrogens with zero attached hydrogens (tertiary/aromatic N) is 3. The van der Waals surface area contributed by atoms with Crippen molar-refractivity contribution in [1.82, 2.24) is 15.5 Å². The molecule has 22 heavy (non-hydrogen) atoms. The highest BCUT2D eigenvalue weighted by Gasteiger charge is 2.29. The van der Waals surface area contributed by atoms with E-state index in [4.69, 9.17) is 4.52 Å². The number of aryl methyl sites for hydroxylation is 1. The second kappa shape index (κ2) is 6.15. The van der Waals surface area contributed by atoms with E-state index in [1.54, 1.807) is 19.1 Å². The predicted octanol–water partition coefficient (Wildman–Crippen LogP) is 2.28. The number of nitrogens with one attached hydrogen (secondary N) is 1. The van der Waals surface area contributed by atoms with Crippen molar-refractivity contribution in [3.63, 3.8) is 0 Å². The molecule has 1 aromatic carbocycles. The van der Waals surface area contributed by atoms with Crippen LogP contribution >= 0.6 is 0 Å². The first kappa shape index (κ1) is 14.5. The Hall–Kier alpha value is -2.41. The summed E-state index contributed by atoms with van der Waals surface area (Å²) in [7, 11) is 0. The molecule has 0 spiro atoms. The van der Waals surface area contributed by atoms with E-state index in [0.717, 1.165) is 25.9 Å². The molecule has 1 aromatic heterocycles. The van der Waals surface area contributed by atoms with Gasteiger partial charge in [0, 0.05) is 6.04 Å². The van der Waals surface area contributed by atoms with Gasteiger partial charge < -0.3 is 14.9 Å². The van der Waals surface area contributed by atoms with Gasteiger partial charge in [0.2, 0.25) is 0 Å². The standard InChI is InChI=1S/C15H18N4O3/c1-10-17-14(22-18-10)12-4-2-3-5-13(12)19(15(20)21)11-6-8-16-9-7-11/h2-5,11,16H,6-9H2,1H3,(H,20,21). The minimum Gasteiger partial charge on any atom is -0.465 e. The molecule has 7 nitrogen and oxygen atoms in total. The quantitative estimate of drug-likeness (QED) is 0.903. The summed E-state index contributed by atoms with van der Waals surface area (Å²) in [6.07, 6.45) is 0.600. The molecule has 1 aliphatic rings. The van der Waals surface area contributed by atoms with E-state index in [-0.39, 0.29) is 6.04 Å². The first-order valence-corrected chi connectivity index (χ1v) is 7.29. The summed E-state index contributed by atoms with van der Waals surface area (Å²) in [5.74, 6) is 0.863. The van der Waals surface area contributed by atoms with Crippen molar-refractivity contribution in [3.8, 4) is 11.5 Å². The number of carboxylic acid groups (broad SMARTS) is 1. The Balaban J connectivity index is 2.02. The molecule has 0 saturated carbocycles. The van der Waals surface area contributed by atoms with Crippen molar-refractivity contribution in [3.05, 3.63) is 30.1 Å². The lowest BCUT2D eigenvalue weighted by molar-refractivity contribution is 0.197. The summed E-state index contributed by atoms with van der Waals surface area (Å²) < 4.78 is 5.22. The van der Waals surface area contributed by atoms with Crippen molar-refractivity contribution in [2.45, 2.75) is 25.8 Å². The van der Waals surface area contributed by atoms with Crippen LogP contribution in [0.3, 0.4) is 0 Å². The maximum atomic E-state index is 11.8. The highest BCUT2D eigenvalue weighted by Crippen LogP contribution is 2.32. The molecule has 116 valence electrons. The smallest absolute Gasteiger partial charge is 0.412 e. The lowest BCUT2D eigenvalue weighted by Crippen LogP contribution is -2.46. The zero-order valence-corrected chi connectivity index (χ0v) is 12.3. The van der Waals surface area contributed by atoms with E-state index < -0.39 is 6.09 Å². The van der Waals surface area contributed by atoms with Gasteiger partial charge in [0.25, 0.3) is 5.89 Å². The minimum atomic E-state index is -0.962. The van der Waals surface area contributed by atoms with Gasteiger partial charge in [0.15, 0.2) is 5.82 Å². The van der Waals surface area contributed by atoms with Crippen LogP contribution in [-0.4, -0.2) is 40.5 Å². The van der Waals surface area contributed by atoms with Gasteiger partial charge in [-0.2, -0.15) is 4.98 Å². The van der Waals surface area contributed by atoms with Gasteiger partial charge in [-0.05, 0) is 45.0 Å². The third kappa shape index (κ3) is 2.80. The number of benzene rings is 1. The average Bonchev–Trinajstić information content (AvgIpc) is 2.95. The second-order valence-electron chi connectivity index (χ2n) is 5.30. The van der Waals surface area contributed by atoms with Crippen LogP contribution in [0.1, 0.15) is 18.7 Å². The Labute approximate surface area is 127 Å². The number of hydrogen-bond donors (Lipinski definition) is 2. The number of anilines is 1. The number of amides is 1. The number of aromatic nitrogens is 2. The van der Waals surface area contributed by atoms with Crippen LogP contribution in [-0.2, 0) is 0 Å². The van der Waals surface area contributed by atoms with E-state index in [0.29, 0.717) is 23.0 Å². The molecule has 0 radical (unpaired) electrons. The third-order valence-electron chi connectivity index (χ3n) is 3.80. The van der Waals surface area contributed by atoms with Crippen molar-refractivity contribution >= 4 is 11.8 Å². The average molecular weight is 302 g/mol. The second-order valence-corrected chi connectivity index (χ2v) is 5.30. The lowest BCUT2D eigenvalue weighted by atomic mass is 10.0. The molecule has 1 fully saturated rings. The monoisotopic (exact) mass is 302 g/mol. The van der Waals surface area contributed by atoms with Gasteiger partial charge >= 0.3 is 6.09 Å². The van der Waals surface area contributed by atoms with Crippen molar-refractivity contribution < 1.29 is 14.4 Å². The SMILES string of the molecule is Cc1noc(-c2ccccc2N(C(=O)O)C2CCNCC2)n1. The Kier molecular flexibility index (Phi) is 4.06. The normalized spacial score (nSPS) is 15.7. The maximum absolute atomic E-state index is 11.8. The topological polar surface area (TPSA) is 91.5 Å². The first-order valence-electron chi connectivity index (χ1n) is 7.29. The van der Waals surface area contributed by atoms with Gasteiger partial charge in [-0.3, -0.25) is 4.90 Å². The number of carbonyl (C=O) groups is 1. The van der Waals surface area contributed by atoms with Gasteiger partial charge in [-0.25, -0.2) is 4.79 Å². The van der Waals surface area contributed by atoms with Crippen molar-refractivity contribution in [2.75, 3.05) is 18.0 Å².